The maximum Gasteiger partial charge on any atom is 0.256 e. The van der Waals surface area contributed by atoms with Gasteiger partial charge < -0.3 is 5.32 Å². The van der Waals surface area contributed by atoms with Crippen molar-refractivity contribution in [2.24, 2.45) is 0 Å². The van der Waals surface area contributed by atoms with E-state index >= 15 is 0 Å². The molecule has 9 heteroatoms. The lowest BCUT2D eigenvalue weighted by atomic mass is 10.1. The Morgan fingerprint density at radius 3 is 2.60 bits per heavy atom. The molecule has 1 aliphatic heterocycles. The second-order valence-corrected chi connectivity index (χ2v) is 5.10. The van der Waals surface area contributed by atoms with Crippen molar-refractivity contribution in [2.75, 3.05) is 5.32 Å². The predicted octanol–water partition coefficient (Wildman–Crippen LogP) is 2.14. The van der Waals surface area contributed by atoms with Crippen molar-refractivity contribution in [2.45, 2.75) is 23.9 Å². The molecule has 3 atom stereocenters. The largest absolute Gasteiger partial charge is 0.323 e. The van der Waals surface area contributed by atoms with Gasteiger partial charge in [0.15, 0.2) is 0 Å². The van der Waals surface area contributed by atoms with Crippen LogP contribution in [-0.2, 0) is 4.79 Å². The van der Waals surface area contributed by atoms with Crippen molar-refractivity contribution >= 4 is 34.8 Å². The fourth-order valence-corrected chi connectivity index (χ4v) is 2.33. The molecule has 20 heavy (non-hydrogen) atoms. The van der Waals surface area contributed by atoms with Crippen LogP contribution in [0.2, 0.25) is 5.02 Å². The summed E-state index contributed by atoms with van der Waals surface area (Å²) in [6.07, 6.45) is -2.71. The van der Waals surface area contributed by atoms with Crippen LogP contribution in [0, 0.1) is 5.82 Å². The van der Waals surface area contributed by atoms with Gasteiger partial charge in [0.25, 0.3) is 6.43 Å². The summed E-state index contributed by atoms with van der Waals surface area (Å²) in [5.74, 6) is -1.20. The Morgan fingerprint density at radius 2 is 2.05 bits per heavy atom. The van der Waals surface area contributed by atoms with Gasteiger partial charge in [0, 0.05) is 0 Å². The van der Waals surface area contributed by atoms with E-state index in [1.807, 2.05) is 0 Å². The van der Waals surface area contributed by atoms with E-state index in [0.29, 0.717) is 0 Å². The number of hydrogen-bond donors (Lipinski definition) is 3. The first kappa shape index (κ1) is 15.4. The zero-order valence-electron chi connectivity index (χ0n) is 9.84. The molecular formula is C11H10Cl2F3N3O. The highest BCUT2D eigenvalue weighted by molar-refractivity contribution is 6.33. The minimum absolute atomic E-state index is 0.000776. The topological polar surface area (TPSA) is 53.2 Å². The van der Waals surface area contributed by atoms with Gasteiger partial charge in [-0.2, -0.15) is 0 Å². The molecule has 1 fully saturated rings. The molecule has 0 spiro atoms. The second-order valence-electron chi connectivity index (χ2n) is 4.18. The van der Waals surface area contributed by atoms with Crippen LogP contribution in [0.15, 0.2) is 18.2 Å². The van der Waals surface area contributed by atoms with Crippen LogP contribution in [0.3, 0.4) is 0 Å². The molecule has 3 unspecified atom stereocenters. The van der Waals surface area contributed by atoms with E-state index in [1.54, 1.807) is 0 Å². The first-order valence-corrected chi connectivity index (χ1v) is 6.41. The van der Waals surface area contributed by atoms with Crippen LogP contribution in [0.4, 0.5) is 18.9 Å². The van der Waals surface area contributed by atoms with E-state index in [4.69, 9.17) is 23.2 Å². The zero-order chi connectivity index (χ0) is 14.9. The summed E-state index contributed by atoms with van der Waals surface area (Å²) in [5.41, 5.74) is 4.83. The summed E-state index contributed by atoms with van der Waals surface area (Å²) in [6.45, 7) is 0. The van der Waals surface area contributed by atoms with Crippen LogP contribution >= 0.6 is 23.2 Å². The van der Waals surface area contributed by atoms with Crippen molar-refractivity contribution in [3.8, 4) is 0 Å². The number of hydrogen-bond acceptors (Lipinski definition) is 3. The number of alkyl halides is 3. The maximum absolute atomic E-state index is 12.9. The normalized spacial score (nSPS) is 26.0. The Morgan fingerprint density at radius 1 is 1.35 bits per heavy atom. The van der Waals surface area contributed by atoms with Gasteiger partial charge in [-0.15, -0.1) is 11.6 Å². The minimum atomic E-state index is -2.71. The Hall–Kier alpha value is -1.02. The third kappa shape index (κ3) is 3.17. The molecule has 1 saturated heterocycles. The van der Waals surface area contributed by atoms with Crippen molar-refractivity contribution in [1.29, 1.82) is 0 Å². The molecule has 1 aromatic rings. The lowest BCUT2D eigenvalue weighted by Gasteiger charge is -2.16. The molecule has 0 radical (unpaired) electrons. The van der Waals surface area contributed by atoms with Crippen LogP contribution in [0.1, 0.15) is 0 Å². The lowest BCUT2D eigenvalue weighted by molar-refractivity contribution is -0.117. The van der Waals surface area contributed by atoms with Crippen molar-refractivity contribution in [1.82, 2.24) is 10.9 Å². The fourth-order valence-electron chi connectivity index (χ4n) is 1.77. The van der Waals surface area contributed by atoms with Gasteiger partial charge in [0.2, 0.25) is 5.91 Å². The number of carbonyl (C=O) groups excluding carboxylic acids is 1. The van der Waals surface area contributed by atoms with Gasteiger partial charge in [-0.1, -0.05) is 11.6 Å². The summed E-state index contributed by atoms with van der Waals surface area (Å²) in [6, 6.07) is 1.01. The molecule has 0 aromatic heterocycles. The van der Waals surface area contributed by atoms with Gasteiger partial charge in [-0.05, 0) is 18.2 Å². The van der Waals surface area contributed by atoms with Gasteiger partial charge in [-0.3, -0.25) is 4.79 Å². The molecule has 1 amide bonds. The van der Waals surface area contributed by atoms with E-state index < -0.39 is 35.6 Å². The molecule has 2 rings (SSSR count). The van der Waals surface area contributed by atoms with Gasteiger partial charge in [0.1, 0.15) is 17.9 Å². The molecule has 110 valence electrons. The number of rotatable bonds is 3. The minimum Gasteiger partial charge on any atom is -0.323 e. The summed E-state index contributed by atoms with van der Waals surface area (Å²) in [5, 5.41) is 1.27. The first-order valence-electron chi connectivity index (χ1n) is 5.59. The molecule has 1 aromatic carbocycles. The van der Waals surface area contributed by atoms with Crippen LogP contribution in [-0.4, -0.2) is 29.8 Å². The number of nitrogens with one attached hydrogen (secondary N) is 3. The van der Waals surface area contributed by atoms with Gasteiger partial charge in [0.05, 0.1) is 16.1 Å². The van der Waals surface area contributed by atoms with E-state index in [-0.39, 0.29) is 10.7 Å². The first-order chi connectivity index (χ1) is 9.40. The summed E-state index contributed by atoms with van der Waals surface area (Å²) < 4.78 is 38.0. The van der Waals surface area contributed by atoms with Crippen molar-refractivity contribution in [3.05, 3.63) is 29.0 Å². The Labute approximate surface area is 122 Å². The summed E-state index contributed by atoms with van der Waals surface area (Å²) in [7, 11) is 0. The lowest BCUT2D eigenvalue weighted by Crippen LogP contribution is -2.42. The number of halogens is 5. The van der Waals surface area contributed by atoms with Crippen molar-refractivity contribution < 1.29 is 18.0 Å². The molecule has 4 nitrogen and oxygen atoms in total. The standard InChI is InChI=1S/C11H10Cl2F3N3O/c12-5-3-4(14)1-2-6(5)17-11(20)9-7(13)8(10(15)16)18-19-9/h1-3,7-10,18-19H,(H,17,20). The Balaban J connectivity index is 2.06. The third-order valence-electron chi connectivity index (χ3n) is 2.81. The van der Waals surface area contributed by atoms with Crippen molar-refractivity contribution in [3.63, 3.8) is 0 Å². The van der Waals surface area contributed by atoms with Gasteiger partial charge >= 0.3 is 0 Å². The summed E-state index contributed by atoms with van der Waals surface area (Å²) >= 11 is 11.6. The molecule has 0 aliphatic carbocycles. The molecule has 0 saturated carbocycles. The number of benzene rings is 1. The SMILES string of the molecule is O=C(Nc1ccc(F)cc1Cl)C1NNC(C(F)F)C1Cl. The molecule has 0 bridgehead atoms. The van der Waals surface area contributed by atoms with E-state index in [0.717, 1.165) is 12.1 Å². The number of carbonyl (C=O) groups is 1. The quantitative estimate of drug-likeness (QED) is 0.745. The number of hydrazine groups is 1. The highest BCUT2D eigenvalue weighted by Crippen LogP contribution is 2.24. The van der Waals surface area contributed by atoms with Gasteiger partial charge in [-0.25, -0.2) is 24.0 Å². The average molecular weight is 328 g/mol. The maximum atomic E-state index is 12.9. The van der Waals surface area contributed by atoms with Crippen LogP contribution in [0.25, 0.3) is 0 Å². The second kappa shape index (κ2) is 6.17. The number of anilines is 1. The van der Waals surface area contributed by atoms with Crippen LogP contribution < -0.4 is 16.2 Å². The van der Waals surface area contributed by atoms with E-state index in [9.17, 15) is 18.0 Å². The predicted molar refractivity (Wildman–Crippen MR) is 69.5 cm³/mol. The molecular weight excluding hydrogens is 318 g/mol. The monoisotopic (exact) mass is 327 g/mol. The van der Waals surface area contributed by atoms with E-state index in [1.165, 1.54) is 6.07 Å². The highest BCUT2D eigenvalue weighted by Gasteiger charge is 2.43. The zero-order valence-corrected chi connectivity index (χ0v) is 11.4. The van der Waals surface area contributed by atoms with Crippen LogP contribution in [0.5, 0.6) is 0 Å². The number of amides is 1. The van der Waals surface area contributed by atoms with E-state index in [2.05, 4.69) is 16.2 Å². The summed E-state index contributed by atoms with van der Waals surface area (Å²) in [4.78, 5) is 11.9. The third-order valence-corrected chi connectivity index (χ3v) is 3.65. The smallest absolute Gasteiger partial charge is 0.256 e. The molecule has 1 aliphatic rings. The molecule has 3 N–H and O–H groups in total. The fraction of sp³-hybridized carbons (Fsp3) is 0.364. The highest BCUT2D eigenvalue weighted by atomic mass is 35.5. The Bertz CT molecular complexity index is 518. The molecule has 1 heterocycles. The average Bonchev–Trinajstić information content (AvgIpc) is 2.74. The Kier molecular flexibility index (Phi) is 4.74.